The van der Waals surface area contributed by atoms with Crippen LogP contribution in [0.15, 0.2) is 36.4 Å². The van der Waals surface area contributed by atoms with E-state index in [9.17, 15) is 14.6 Å². The second-order valence-corrected chi connectivity index (χ2v) is 8.18. The van der Waals surface area contributed by atoms with Crippen LogP contribution >= 0.6 is 7.37 Å². The molecule has 0 aliphatic carbocycles. The molecule has 0 bridgehead atoms. The third kappa shape index (κ3) is 4.45. The van der Waals surface area contributed by atoms with E-state index in [4.69, 9.17) is 0 Å². The minimum Gasteiger partial charge on any atom is -0.508 e. The Morgan fingerprint density at radius 3 is 2.00 bits per heavy atom. The fraction of sp³-hybridized carbons (Fsp3) is 0.294. The zero-order chi connectivity index (χ0) is 15.6. The Balaban J connectivity index is 2.29. The smallest absolute Gasteiger partial charge is 0.201 e. The van der Waals surface area contributed by atoms with Crippen molar-refractivity contribution >= 4 is 7.37 Å². The summed E-state index contributed by atoms with van der Waals surface area (Å²) < 4.78 is 11.5. The van der Waals surface area contributed by atoms with Gasteiger partial charge in [0.1, 0.15) is 5.75 Å². The van der Waals surface area contributed by atoms with Gasteiger partial charge in [0.2, 0.25) is 7.37 Å². The number of hydrogen-bond acceptors (Lipinski definition) is 2. The number of rotatable bonds is 4. The van der Waals surface area contributed by atoms with Crippen LogP contribution < -0.4 is 0 Å². The van der Waals surface area contributed by atoms with Crippen LogP contribution in [0.3, 0.4) is 0 Å². The maximum atomic E-state index is 11.5. The van der Waals surface area contributed by atoms with E-state index < -0.39 is 7.37 Å². The van der Waals surface area contributed by atoms with Crippen molar-refractivity contribution < 1.29 is 14.6 Å². The molecule has 2 aromatic carbocycles. The molecular weight excluding hydrogens is 283 g/mol. The first-order valence-electron chi connectivity index (χ1n) is 6.91. The van der Waals surface area contributed by atoms with Gasteiger partial charge in [0.15, 0.2) is 0 Å². The second-order valence-electron chi connectivity index (χ2n) is 5.76. The van der Waals surface area contributed by atoms with Gasteiger partial charge >= 0.3 is 0 Å². The quantitative estimate of drug-likeness (QED) is 0.839. The van der Waals surface area contributed by atoms with Crippen molar-refractivity contribution in [3.63, 3.8) is 0 Å². The molecule has 1 unspecified atom stereocenters. The average Bonchev–Trinajstić information content (AvgIpc) is 2.34. The van der Waals surface area contributed by atoms with Crippen LogP contribution in [0, 0.1) is 13.8 Å². The molecule has 0 aliphatic rings. The van der Waals surface area contributed by atoms with Crippen molar-refractivity contribution in [2.24, 2.45) is 0 Å². The topological polar surface area (TPSA) is 57.5 Å². The molecule has 21 heavy (non-hydrogen) atoms. The largest absolute Gasteiger partial charge is 0.508 e. The Morgan fingerprint density at radius 1 is 1.00 bits per heavy atom. The highest BCUT2D eigenvalue weighted by Gasteiger charge is 2.13. The summed E-state index contributed by atoms with van der Waals surface area (Å²) in [5, 5.41) is 9.33. The van der Waals surface area contributed by atoms with Gasteiger partial charge in [-0.05, 0) is 60.2 Å². The first kappa shape index (κ1) is 15.8. The van der Waals surface area contributed by atoms with Crippen molar-refractivity contribution in [2.45, 2.75) is 26.4 Å². The normalized spacial score (nSPS) is 13.9. The van der Waals surface area contributed by atoms with Crippen LogP contribution in [0.25, 0.3) is 0 Å². The van der Waals surface area contributed by atoms with Gasteiger partial charge in [-0.25, -0.2) is 0 Å². The first-order chi connectivity index (χ1) is 9.74. The van der Waals surface area contributed by atoms with Crippen molar-refractivity contribution in [3.8, 4) is 5.75 Å². The highest BCUT2D eigenvalue weighted by atomic mass is 31.2. The molecule has 0 spiro atoms. The van der Waals surface area contributed by atoms with E-state index in [1.165, 1.54) is 12.2 Å². The predicted octanol–water partition coefficient (Wildman–Crippen LogP) is 4.00. The molecule has 2 N–H and O–H groups in total. The van der Waals surface area contributed by atoms with Crippen molar-refractivity contribution in [3.05, 3.63) is 64.2 Å². The number of aryl methyl sites for hydroxylation is 2. The van der Waals surface area contributed by atoms with Crippen molar-refractivity contribution in [1.29, 1.82) is 0 Å². The van der Waals surface area contributed by atoms with E-state index in [-0.39, 0.29) is 11.9 Å². The molecule has 0 fully saturated rings. The van der Waals surface area contributed by atoms with Gasteiger partial charge in [0.25, 0.3) is 0 Å². The fourth-order valence-electron chi connectivity index (χ4n) is 2.61. The van der Waals surface area contributed by atoms with E-state index in [0.717, 1.165) is 28.7 Å². The molecule has 2 aromatic rings. The first-order valence-corrected chi connectivity index (χ1v) is 9.20. The average molecular weight is 304 g/mol. The Bertz CT molecular complexity index is 661. The molecule has 3 nitrogen and oxygen atoms in total. The minimum atomic E-state index is -3.04. The molecule has 4 heteroatoms. The van der Waals surface area contributed by atoms with Crippen molar-refractivity contribution in [2.75, 3.05) is 6.66 Å². The standard InChI is InChI=1S/C17H21O3P/c1-12-8-15(11-21(3,19)20)9-13(2)17(12)10-14-4-6-16(18)7-5-14/h4-9,18H,10-11H2,1-3H3,(H,19,20). The summed E-state index contributed by atoms with van der Waals surface area (Å²) in [6.07, 6.45) is 1.01. The lowest BCUT2D eigenvalue weighted by molar-refractivity contribution is 0.475. The SMILES string of the molecule is Cc1cc(CP(C)(=O)O)cc(C)c1Cc1ccc(O)cc1. The zero-order valence-electron chi connectivity index (χ0n) is 12.6. The van der Waals surface area contributed by atoms with Crippen LogP contribution in [-0.2, 0) is 17.1 Å². The summed E-state index contributed by atoms with van der Waals surface area (Å²) in [6, 6.07) is 11.2. The van der Waals surface area contributed by atoms with Gasteiger partial charge in [-0.3, -0.25) is 4.57 Å². The van der Waals surface area contributed by atoms with E-state index >= 15 is 0 Å². The lowest BCUT2D eigenvalue weighted by atomic mass is 9.94. The summed E-state index contributed by atoms with van der Waals surface area (Å²) in [5.41, 5.74) is 5.54. The minimum absolute atomic E-state index is 0.216. The van der Waals surface area contributed by atoms with Crippen molar-refractivity contribution in [1.82, 2.24) is 0 Å². The molecule has 0 radical (unpaired) electrons. The molecule has 0 saturated carbocycles. The Morgan fingerprint density at radius 2 is 1.52 bits per heavy atom. The lowest BCUT2D eigenvalue weighted by Crippen LogP contribution is -1.98. The third-order valence-corrected chi connectivity index (χ3v) is 4.50. The molecule has 0 amide bonds. The Labute approximate surface area is 125 Å². The van der Waals surface area contributed by atoms with Crippen LogP contribution in [0.5, 0.6) is 5.75 Å². The number of phenols is 1. The number of hydrogen-bond donors (Lipinski definition) is 2. The monoisotopic (exact) mass is 304 g/mol. The maximum absolute atomic E-state index is 11.5. The van der Waals surface area contributed by atoms with Gasteiger partial charge in [0.05, 0.1) is 0 Å². The molecule has 0 saturated heterocycles. The molecule has 112 valence electrons. The van der Waals surface area contributed by atoms with Gasteiger partial charge < -0.3 is 10.00 Å². The molecule has 0 heterocycles. The molecule has 1 atom stereocenters. The van der Waals surface area contributed by atoms with Gasteiger partial charge in [-0.1, -0.05) is 24.3 Å². The lowest BCUT2D eigenvalue weighted by Gasteiger charge is -2.14. The maximum Gasteiger partial charge on any atom is 0.201 e. The summed E-state index contributed by atoms with van der Waals surface area (Å²) in [5.74, 6) is 0.268. The summed E-state index contributed by atoms with van der Waals surface area (Å²) in [4.78, 5) is 9.52. The van der Waals surface area contributed by atoms with E-state index in [1.54, 1.807) is 12.1 Å². The number of benzene rings is 2. The van der Waals surface area contributed by atoms with Gasteiger partial charge in [0, 0.05) is 12.8 Å². The zero-order valence-corrected chi connectivity index (χ0v) is 13.5. The van der Waals surface area contributed by atoms with Gasteiger partial charge in [-0.2, -0.15) is 0 Å². The molecule has 0 aromatic heterocycles. The van der Waals surface area contributed by atoms with Gasteiger partial charge in [-0.15, -0.1) is 0 Å². The fourth-order valence-corrected chi connectivity index (χ4v) is 3.47. The van der Waals surface area contributed by atoms with E-state index in [0.29, 0.717) is 0 Å². The van der Waals surface area contributed by atoms with E-state index in [2.05, 4.69) is 0 Å². The summed E-state index contributed by atoms with van der Waals surface area (Å²) in [7, 11) is -3.04. The van der Waals surface area contributed by atoms with Crippen LogP contribution in [-0.4, -0.2) is 16.7 Å². The molecule has 2 rings (SSSR count). The van der Waals surface area contributed by atoms with Crippen LogP contribution in [0.4, 0.5) is 0 Å². The van der Waals surface area contributed by atoms with E-state index in [1.807, 2.05) is 38.1 Å². The Hall–Kier alpha value is -1.57. The molecule has 0 aliphatic heterocycles. The highest BCUT2D eigenvalue weighted by Crippen LogP contribution is 2.40. The second kappa shape index (κ2) is 6.05. The third-order valence-electron chi connectivity index (χ3n) is 3.55. The van der Waals surface area contributed by atoms with Crippen LogP contribution in [0.1, 0.15) is 27.8 Å². The summed E-state index contributed by atoms with van der Waals surface area (Å²) in [6.45, 7) is 5.45. The Kier molecular flexibility index (Phi) is 4.55. The number of phenolic OH excluding ortho intramolecular Hbond substituents is 1. The summed E-state index contributed by atoms with van der Waals surface area (Å²) >= 11 is 0. The number of aromatic hydroxyl groups is 1. The predicted molar refractivity (Wildman–Crippen MR) is 86.3 cm³/mol. The highest BCUT2D eigenvalue weighted by molar-refractivity contribution is 7.56. The molecular formula is C17H21O3P. The van der Waals surface area contributed by atoms with Crippen LogP contribution in [0.2, 0.25) is 0 Å².